The third kappa shape index (κ3) is 3.74. The molecule has 0 fully saturated rings. The first-order valence-corrected chi connectivity index (χ1v) is 6.18. The number of amides is 1. The molecule has 0 heterocycles. The standard InChI is InChI=1S/C14H22N2O2/c1-10-7-8-12(11(2)14(10)18-4)16-13(17)6-5-9-15-3/h7-8,15H,5-6,9H2,1-4H3,(H,16,17). The van der Waals surface area contributed by atoms with E-state index < -0.39 is 0 Å². The van der Waals surface area contributed by atoms with Crippen molar-refractivity contribution in [3.8, 4) is 5.75 Å². The lowest BCUT2D eigenvalue weighted by atomic mass is 10.1. The molecule has 4 heteroatoms. The van der Waals surface area contributed by atoms with Crippen molar-refractivity contribution < 1.29 is 9.53 Å². The minimum Gasteiger partial charge on any atom is -0.496 e. The van der Waals surface area contributed by atoms with Crippen molar-refractivity contribution in [2.24, 2.45) is 0 Å². The Morgan fingerprint density at radius 1 is 1.33 bits per heavy atom. The van der Waals surface area contributed by atoms with Crippen LogP contribution in [0.5, 0.6) is 5.75 Å². The number of ether oxygens (including phenoxy) is 1. The number of hydrogen-bond acceptors (Lipinski definition) is 3. The first kappa shape index (κ1) is 14.5. The zero-order valence-electron chi connectivity index (χ0n) is 11.6. The highest BCUT2D eigenvalue weighted by molar-refractivity contribution is 5.92. The van der Waals surface area contributed by atoms with Gasteiger partial charge in [-0.25, -0.2) is 0 Å². The maximum atomic E-state index is 11.7. The van der Waals surface area contributed by atoms with Gasteiger partial charge in [0.2, 0.25) is 5.91 Å². The maximum absolute atomic E-state index is 11.7. The molecule has 0 aliphatic carbocycles. The number of benzene rings is 1. The summed E-state index contributed by atoms with van der Waals surface area (Å²) in [6.45, 7) is 4.79. The molecule has 1 aromatic carbocycles. The summed E-state index contributed by atoms with van der Waals surface area (Å²) in [6, 6.07) is 3.87. The van der Waals surface area contributed by atoms with Crippen LogP contribution in [0.2, 0.25) is 0 Å². The number of hydrogen-bond donors (Lipinski definition) is 2. The molecule has 18 heavy (non-hydrogen) atoms. The van der Waals surface area contributed by atoms with Crippen LogP contribution in [0.1, 0.15) is 24.0 Å². The van der Waals surface area contributed by atoms with E-state index in [1.807, 2.05) is 33.0 Å². The van der Waals surface area contributed by atoms with Crippen molar-refractivity contribution in [1.29, 1.82) is 0 Å². The summed E-state index contributed by atoms with van der Waals surface area (Å²) in [7, 11) is 3.53. The second-order valence-electron chi connectivity index (χ2n) is 4.34. The van der Waals surface area contributed by atoms with Gasteiger partial charge in [0.05, 0.1) is 7.11 Å². The SMILES string of the molecule is CNCCCC(=O)Nc1ccc(C)c(OC)c1C. The number of carbonyl (C=O) groups excluding carboxylic acids is 1. The Morgan fingerprint density at radius 2 is 2.06 bits per heavy atom. The minimum absolute atomic E-state index is 0.0410. The van der Waals surface area contributed by atoms with Gasteiger partial charge in [-0.15, -0.1) is 0 Å². The van der Waals surface area contributed by atoms with Crippen LogP contribution in [0.25, 0.3) is 0 Å². The normalized spacial score (nSPS) is 10.2. The first-order valence-electron chi connectivity index (χ1n) is 6.18. The lowest BCUT2D eigenvalue weighted by molar-refractivity contribution is -0.116. The summed E-state index contributed by atoms with van der Waals surface area (Å²) in [6.07, 6.45) is 1.36. The second-order valence-corrected chi connectivity index (χ2v) is 4.34. The molecule has 0 aromatic heterocycles. The van der Waals surface area contributed by atoms with E-state index in [2.05, 4.69) is 10.6 Å². The lowest BCUT2D eigenvalue weighted by Crippen LogP contribution is -2.16. The third-order valence-corrected chi connectivity index (χ3v) is 2.91. The molecule has 0 atom stereocenters. The number of carbonyl (C=O) groups is 1. The third-order valence-electron chi connectivity index (χ3n) is 2.91. The number of rotatable bonds is 6. The predicted molar refractivity (Wildman–Crippen MR) is 74.3 cm³/mol. The fraction of sp³-hybridized carbons (Fsp3) is 0.500. The highest BCUT2D eigenvalue weighted by atomic mass is 16.5. The Morgan fingerprint density at radius 3 is 2.67 bits per heavy atom. The fourth-order valence-electron chi connectivity index (χ4n) is 1.92. The zero-order chi connectivity index (χ0) is 13.5. The minimum atomic E-state index is 0.0410. The highest BCUT2D eigenvalue weighted by Gasteiger charge is 2.10. The van der Waals surface area contributed by atoms with Gasteiger partial charge in [-0.2, -0.15) is 0 Å². The lowest BCUT2D eigenvalue weighted by Gasteiger charge is -2.14. The smallest absolute Gasteiger partial charge is 0.224 e. The summed E-state index contributed by atoms with van der Waals surface area (Å²) in [4.78, 5) is 11.7. The Hall–Kier alpha value is -1.55. The van der Waals surface area contributed by atoms with E-state index in [9.17, 15) is 4.79 Å². The van der Waals surface area contributed by atoms with E-state index in [1.165, 1.54) is 0 Å². The van der Waals surface area contributed by atoms with Crippen LogP contribution in [0.4, 0.5) is 5.69 Å². The van der Waals surface area contributed by atoms with Crippen molar-refractivity contribution in [3.63, 3.8) is 0 Å². The molecule has 0 saturated heterocycles. The molecule has 4 nitrogen and oxygen atoms in total. The molecule has 0 aliphatic rings. The Kier molecular flexibility index (Phi) is 5.65. The van der Waals surface area contributed by atoms with Gasteiger partial charge >= 0.3 is 0 Å². The number of anilines is 1. The van der Waals surface area contributed by atoms with E-state index in [-0.39, 0.29) is 5.91 Å². The van der Waals surface area contributed by atoms with Crippen molar-refractivity contribution in [1.82, 2.24) is 5.32 Å². The zero-order valence-corrected chi connectivity index (χ0v) is 11.6. The number of aryl methyl sites for hydroxylation is 1. The predicted octanol–water partition coefficient (Wildman–Crippen LogP) is 2.25. The van der Waals surface area contributed by atoms with Crippen LogP contribution in [-0.4, -0.2) is 26.6 Å². The maximum Gasteiger partial charge on any atom is 0.224 e. The van der Waals surface area contributed by atoms with Gasteiger partial charge in [-0.3, -0.25) is 4.79 Å². The molecule has 0 spiro atoms. The van der Waals surface area contributed by atoms with Gasteiger partial charge < -0.3 is 15.4 Å². The van der Waals surface area contributed by atoms with Crippen LogP contribution >= 0.6 is 0 Å². The van der Waals surface area contributed by atoms with Crippen LogP contribution in [0, 0.1) is 13.8 Å². The van der Waals surface area contributed by atoms with Crippen molar-refractivity contribution in [2.75, 3.05) is 26.0 Å². The van der Waals surface area contributed by atoms with Crippen LogP contribution in [0.15, 0.2) is 12.1 Å². The summed E-state index contributed by atoms with van der Waals surface area (Å²) in [5.41, 5.74) is 2.87. The van der Waals surface area contributed by atoms with Crippen LogP contribution in [-0.2, 0) is 4.79 Å². The number of methoxy groups -OCH3 is 1. The van der Waals surface area contributed by atoms with E-state index in [1.54, 1.807) is 7.11 Å². The molecule has 0 aliphatic heterocycles. The molecule has 1 rings (SSSR count). The Labute approximate surface area is 109 Å². The molecule has 0 unspecified atom stereocenters. The van der Waals surface area contributed by atoms with Gasteiger partial charge in [0.1, 0.15) is 5.75 Å². The van der Waals surface area contributed by atoms with Crippen molar-refractivity contribution in [2.45, 2.75) is 26.7 Å². The Bertz CT molecular complexity index is 417. The largest absolute Gasteiger partial charge is 0.496 e. The topological polar surface area (TPSA) is 50.4 Å². The quantitative estimate of drug-likeness (QED) is 0.761. The molecular weight excluding hydrogens is 228 g/mol. The highest BCUT2D eigenvalue weighted by Crippen LogP contribution is 2.29. The summed E-state index contributed by atoms with van der Waals surface area (Å²) < 4.78 is 5.34. The summed E-state index contributed by atoms with van der Waals surface area (Å²) >= 11 is 0. The molecule has 0 saturated carbocycles. The van der Waals surface area contributed by atoms with Crippen LogP contribution in [0.3, 0.4) is 0 Å². The van der Waals surface area contributed by atoms with Crippen molar-refractivity contribution in [3.05, 3.63) is 23.3 Å². The molecule has 1 amide bonds. The molecule has 0 bridgehead atoms. The fourth-order valence-corrected chi connectivity index (χ4v) is 1.92. The van der Waals surface area contributed by atoms with Crippen LogP contribution < -0.4 is 15.4 Å². The monoisotopic (exact) mass is 250 g/mol. The molecule has 2 N–H and O–H groups in total. The van der Waals surface area contributed by atoms with Crippen molar-refractivity contribution >= 4 is 11.6 Å². The number of nitrogens with one attached hydrogen (secondary N) is 2. The summed E-state index contributed by atoms with van der Waals surface area (Å²) in [5, 5.41) is 5.95. The van der Waals surface area contributed by atoms with Gasteiger partial charge in [0.15, 0.2) is 0 Å². The van der Waals surface area contributed by atoms with E-state index in [0.29, 0.717) is 6.42 Å². The second kappa shape index (κ2) is 7.01. The van der Waals surface area contributed by atoms with E-state index in [0.717, 1.165) is 35.5 Å². The molecule has 0 radical (unpaired) electrons. The summed E-state index contributed by atoms with van der Waals surface area (Å²) in [5.74, 6) is 0.877. The van der Waals surface area contributed by atoms with Gasteiger partial charge in [-0.05, 0) is 45.5 Å². The molecule has 100 valence electrons. The molecular formula is C14H22N2O2. The first-order chi connectivity index (χ1) is 8.60. The van der Waals surface area contributed by atoms with Gasteiger partial charge in [0.25, 0.3) is 0 Å². The van der Waals surface area contributed by atoms with Gasteiger partial charge in [0, 0.05) is 17.7 Å². The Balaban J connectivity index is 2.70. The van der Waals surface area contributed by atoms with E-state index in [4.69, 9.17) is 4.74 Å². The van der Waals surface area contributed by atoms with Gasteiger partial charge in [-0.1, -0.05) is 6.07 Å². The average molecular weight is 250 g/mol. The van der Waals surface area contributed by atoms with E-state index >= 15 is 0 Å². The molecule has 1 aromatic rings. The average Bonchev–Trinajstić information content (AvgIpc) is 2.34.